The lowest BCUT2D eigenvalue weighted by Gasteiger charge is -2.42. The average molecular weight is 275 g/mol. The number of nitrogens with one attached hydrogen (secondary N) is 1. The van der Waals surface area contributed by atoms with Gasteiger partial charge in [0.2, 0.25) is 0 Å². The molecule has 3 nitrogen and oxygen atoms in total. The van der Waals surface area contributed by atoms with Crippen LogP contribution < -0.4 is 10.2 Å². The molecule has 0 bridgehead atoms. The highest BCUT2D eigenvalue weighted by Crippen LogP contribution is 2.39. The largest absolute Gasteiger partial charge is 0.371 e. The van der Waals surface area contributed by atoms with Gasteiger partial charge in [0.05, 0.1) is 5.69 Å². The highest BCUT2D eigenvalue weighted by atomic mass is 15.1. The van der Waals surface area contributed by atoms with Crippen molar-refractivity contribution in [3.8, 4) is 0 Å². The first-order valence-electron chi connectivity index (χ1n) is 8.13. The summed E-state index contributed by atoms with van der Waals surface area (Å²) in [5.41, 5.74) is 3.08. The normalized spacial score (nSPS) is 18.2. The van der Waals surface area contributed by atoms with Crippen molar-refractivity contribution in [1.82, 2.24) is 10.3 Å². The van der Waals surface area contributed by atoms with Gasteiger partial charge < -0.3 is 10.2 Å². The molecule has 0 aliphatic carbocycles. The Labute approximate surface area is 123 Å². The topological polar surface area (TPSA) is 28.2 Å². The summed E-state index contributed by atoms with van der Waals surface area (Å²) in [6.45, 7) is 11.1. The van der Waals surface area contributed by atoms with E-state index in [-0.39, 0.29) is 0 Å². The molecule has 0 amide bonds. The number of rotatable bonds is 6. The van der Waals surface area contributed by atoms with Crippen molar-refractivity contribution in [3.63, 3.8) is 0 Å². The van der Waals surface area contributed by atoms with Crippen molar-refractivity contribution < 1.29 is 0 Å². The molecule has 112 valence electrons. The Morgan fingerprint density at radius 1 is 1.20 bits per heavy atom. The lowest BCUT2D eigenvalue weighted by atomic mass is 9.74. The minimum Gasteiger partial charge on any atom is -0.371 e. The van der Waals surface area contributed by atoms with Crippen LogP contribution in [0.4, 0.5) is 5.69 Å². The van der Waals surface area contributed by atoms with E-state index in [2.05, 4.69) is 48.1 Å². The van der Waals surface area contributed by atoms with Crippen LogP contribution in [0.1, 0.15) is 52.1 Å². The molecule has 1 aromatic heterocycles. The van der Waals surface area contributed by atoms with Gasteiger partial charge in [-0.15, -0.1) is 0 Å². The Balaban J connectivity index is 1.99. The van der Waals surface area contributed by atoms with Crippen LogP contribution in [0.2, 0.25) is 0 Å². The molecule has 0 unspecified atom stereocenters. The van der Waals surface area contributed by atoms with Crippen LogP contribution in [-0.2, 0) is 6.54 Å². The first-order chi connectivity index (χ1) is 9.73. The number of piperidine rings is 1. The summed E-state index contributed by atoms with van der Waals surface area (Å²) in [4.78, 5) is 6.97. The molecule has 20 heavy (non-hydrogen) atoms. The summed E-state index contributed by atoms with van der Waals surface area (Å²) in [5.74, 6) is 0. The fourth-order valence-corrected chi connectivity index (χ4v) is 3.21. The zero-order chi connectivity index (χ0) is 14.4. The summed E-state index contributed by atoms with van der Waals surface area (Å²) >= 11 is 0. The predicted molar refractivity (Wildman–Crippen MR) is 86.1 cm³/mol. The van der Waals surface area contributed by atoms with E-state index in [9.17, 15) is 0 Å². The summed E-state index contributed by atoms with van der Waals surface area (Å²) in [5, 5.41) is 3.35. The fourth-order valence-electron chi connectivity index (χ4n) is 3.21. The molecule has 2 heterocycles. The quantitative estimate of drug-likeness (QED) is 0.860. The summed E-state index contributed by atoms with van der Waals surface area (Å²) in [6.07, 6.45) is 7.23. The maximum absolute atomic E-state index is 4.44. The summed E-state index contributed by atoms with van der Waals surface area (Å²) in [7, 11) is 0. The molecule has 1 aromatic rings. The van der Waals surface area contributed by atoms with E-state index in [1.54, 1.807) is 0 Å². The third-order valence-electron chi connectivity index (χ3n) is 5.05. The average Bonchev–Trinajstić information content (AvgIpc) is 2.53. The van der Waals surface area contributed by atoms with Gasteiger partial charge in [-0.1, -0.05) is 33.6 Å². The van der Waals surface area contributed by atoms with Crippen LogP contribution in [0, 0.1) is 5.41 Å². The first-order valence-corrected chi connectivity index (χ1v) is 8.13. The van der Waals surface area contributed by atoms with Crippen LogP contribution in [0.15, 0.2) is 18.3 Å². The van der Waals surface area contributed by atoms with Crippen LogP contribution in [0.3, 0.4) is 0 Å². The van der Waals surface area contributed by atoms with E-state index in [1.165, 1.54) is 44.5 Å². The Kier molecular flexibility index (Phi) is 5.41. The van der Waals surface area contributed by atoms with Gasteiger partial charge in [0.15, 0.2) is 0 Å². The number of hydrogen-bond acceptors (Lipinski definition) is 3. The number of anilines is 1. The Morgan fingerprint density at radius 2 is 1.90 bits per heavy atom. The maximum atomic E-state index is 4.44. The molecule has 3 heteroatoms. The van der Waals surface area contributed by atoms with Crippen molar-refractivity contribution >= 4 is 5.69 Å². The summed E-state index contributed by atoms with van der Waals surface area (Å²) in [6, 6.07) is 4.40. The van der Waals surface area contributed by atoms with Gasteiger partial charge in [0, 0.05) is 31.5 Å². The van der Waals surface area contributed by atoms with Crippen LogP contribution >= 0.6 is 0 Å². The van der Waals surface area contributed by atoms with Crippen molar-refractivity contribution in [2.75, 3.05) is 24.5 Å². The van der Waals surface area contributed by atoms with Crippen LogP contribution in [0.5, 0.6) is 0 Å². The standard InChI is InChI=1S/C17H29N3/c1-4-17(5-2)8-11-20(12-9-17)16-7-10-19-15(13-16)14-18-6-3/h7,10,13,18H,4-6,8-9,11-12,14H2,1-3H3. The van der Waals surface area contributed by atoms with E-state index >= 15 is 0 Å². The van der Waals surface area contributed by atoms with Gasteiger partial charge in [-0.3, -0.25) is 4.98 Å². The second-order valence-corrected chi connectivity index (χ2v) is 5.98. The third kappa shape index (κ3) is 3.51. The molecule has 2 rings (SSSR count). The highest BCUT2D eigenvalue weighted by molar-refractivity contribution is 5.47. The smallest absolute Gasteiger partial charge is 0.0562 e. The number of pyridine rings is 1. The van der Waals surface area contributed by atoms with Gasteiger partial charge in [-0.25, -0.2) is 0 Å². The molecular weight excluding hydrogens is 246 g/mol. The second kappa shape index (κ2) is 7.07. The molecule has 0 aromatic carbocycles. The minimum absolute atomic E-state index is 0.593. The molecule has 0 atom stereocenters. The van der Waals surface area contributed by atoms with Gasteiger partial charge in [-0.2, -0.15) is 0 Å². The highest BCUT2D eigenvalue weighted by Gasteiger charge is 2.31. The van der Waals surface area contributed by atoms with E-state index in [0.717, 1.165) is 18.8 Å². The zero-order valence-electron chi connectivity index (χ0n) is 13.3. The maximum Gasteiger partial charge on any atom is 0.0562 e. The Morgan fingerprint density at radius 3 is 2.50 bits per heavy atom. The zero-order valence-corrected chi connectivity index (χ0v) is 13.3. The molecule has 1 N–H and O–H groups in total. The lowest BCUT2D eigenvalue weighted by molar-refractivity contribution is 0.199. The minimum atomic E-state index is 0.593. The molecule has 1 saturated heterocycles. The number of aromatic nitrogens is 1. The molecule has 1 fully saturated rings. The van der Waals surface area contributed by atoms with E-state index < -0.39 is 0 Å². The van der Waals surface area contributed by atoms with Crippen molar-refractivity contribution in [3.05, 3.63) is 24.0 Å². The van der Waals surface area contributed by atoms with Crippen LogP contribution in [0.25, 0.3) is 0 Å². The van der Waals surface area contributed by atoms with Gasteiger partial charge in [-0.05, 0) is 36.9 Å². The fraction of sp³-hybridized carbons (Fsp3) is 0.706. The number of hydrogen-bond donors (Lipinski definition) is 1. The summed E-state index contributed by atoms with van der Waals surface area (Å²) < 4.78 is 0. The first kappa shape index (κ1) is 15.3. The Bertz CT molecular complexity index is 402. The van der Waals surface area contributed by atoms with E-state index in [0.29, 0.717) is 5.41 Å². The SMILES string of the molecule is CCNCc1cc(N2CCC(CC)(CC)CC2)ccn1. The number of nitrogens with zero attached hydrogens (tertiary/aromatic N) is 2. The van der Waals surface area contributed by atoms with Gasteiger partial charge in [0.1, 0.15) is 0 Å². The lowest BCUT2D eigenvalue weighted by Crippen LogP contribution is -2.39. The molecule has 0 spiro atoms. The van der Waals surface area contributed by atoms with E-state index in [4.69, 9.17) is 0 Å². The van der Waals surface area contributed by atoms with Gasteiger partial charge >= 0.3 is 0 Å². The molecule has 1 aliphatic heterocycles. The van der Waals surface area contributed by atoms with Gasteiger partial charge in [0.25, 0.3) is 0 Å². The molecule has 0 radical (unpaired) electrons. The molecule has 1 aliphatic rings. The molecular formula is C17H29N3. The third-order valence-corrected chi connectivity index (χ3v) is 5.05. The monoisotopic (exact) mass is 275 g/mol. The van der Waals surface area contributed by atoms with Crippen LogP contribution in [-0.4, -0.2) is 24.6 Å². The van der Waals surface area contributed by atoms with Crippen molar-refractivity contribution in [2.24, 2.45) is 5.41 Å². The second-order valence-electron chi connectivity index (χ2n) is 5.98. The molecule has 0 saturated carbocycles. The van der Waals surface area contributed by atoms with E-state index in [1.807, 2.05) is 6.20 Å². The van der Waals surface area contributed by atoms with Crippen molar-refractivity contribution in [1.29, 1.82) is 0 Å². The van der Waals surface area contributed by atoms with Crippen molar-refractivity contribution in [2.45, 2.75) is 53.0 Å². The predicted octanol–water partition coefficient (Wildman–Crippen LogP) is 3.60. The Hall–Kier alpha value is -1.09.